The second kappa shape index (κ2) is 4.71. The van der Waals surface area contributed by atoms with Crippen LogP contribution in [-0.2, 0) is 6.54 Å². The zero-order valence-electron chi connectivity index (χ0n) is 9.92. The van der Waals surface area contributed by atoms with E-state index in [1.54, 1.807) is 24.7 Å². The number of nitrogens with zero attached hydrogens (tertiary/aromatic N) is 4. The largest absolute Gasteiger partial charge is 0.311 e. The van der Waals surface area contributed by atoms with E-state index in [1.807, 2.05) is 22.8 Å². The molecular weight excluding hydrogens is 260 g/mol. The van der Waals surface area contributed by atoms with Crippen molar-refractivity contribution in [1.82, 2.24) is 14.5 Å². The lowest BCUT2D eigenvalue weighted by molar-refractivity contribution is 0.814. The van der Waals surface area contributed by atoms with Crippen molar-refractivity contribution < 1.29 is 0 Å². The highest BCUT2D eigenvalue weighted by atomic mass is 35.5. The van der Waals surface area contributed by atoms with Crippen LogP contribution in [0.1, 0.15) is 11.1 Å². The van der Waals surface area contributed by atoms with Crippen molar-refractivity contribution in [1.29, 1.82) is 5.26 Å². The van der Waals surface area contributed by atoms with Crippen molar-refractivity contribution in [3.63, 3.8) is 0 Å². The Morgan fingerprint density at radius 1 is 1.26 bits per heavy atom. The molecule has 0 spiro atoms. The van der Waals surface area contributed by atoms with Gasteiger partial charge in [-0.3, -0.25) is 0 Å². The molecule has 0 fully saturated rings. The molecule has 2 heterocycles. The minimum absolute atomic E-state index is 0.573. The lowest BCUT2D eigenvalue weighted by atomic mass is 10.1. The molecular formula is C14H9ClN4. The fourth-order valence-corrected chi connectivity index (χ4v) is 2.13. The Balaban J connectivity index is 1.99. The van der Waals surface area contributed by atoms with Crippen LogP contribution in [0.2, 0.25) is 5.02 Å². The van der Waals surface area contributed by atoms with E-state index < -0.39 is 0 Å². The predicted octanol–water partition coefficient (Wildman–Crippen LogP) is 3.00. The number of nitriles is 1. The molecule has 0 N–H and O–H groups in total. The summed E-state index contributed by atoms with van der Waals surface area (Å²) in [5, 5.41) is 9.47. The zero-order valence-corrected chi connectivity index (χ0v) is 10.7. The van der Waals surface area contributed by atoms with Crippen LogP contribution in [0.25, 0.3) is 11.2 Å². The molecule has 0 radical (unpaired) electrons. The molecule has 19 heavy (non-hydrogen) atoms. The number of benzene rings is 1. The normalized spacial score (nSPS) is 10.5. The Kier molecular flexibility index (Phi) is 2.90. The van der Waals surface area contributed by atoms with E-state index >= 15 is 0 Å². The lowest BCUT2D eigenvalue weighted by Crippen LogP contribution is -1.99. The highest BCUT2D eigenvalue weighted by molar-refractivity contribution is 6.31. The molecule has 3 aromatic rings. The molecule has 0 aliphatic heterocycles. The topological polar surface area (TPSA) is 54.5 Å². The molecule has 0 aliphatic rings. The molecule has 92 valence electrons. The van der Waals surface area contributed by atoms with E-state index in [-0.39, 0.29) is 0 Å². The van der Waals surface area contributed by atoms with Crippen molar-refractivity contribution in [2.75, 3.05) is 0 Å². The SMILES string of the molecule is N#Cc1cccc(Cn2cnc3cc(Cl)cnc32)c1. The van der Waals surface area contributed by atoms with Gasteiger partial charge in [-0.2, -0.15) is 5.26 Å². The van der Waals surface area contributed by atoms with Gasteiger partial charge in [0.05, 0.1) is 29.5 Å². The number of hydrogen-bond donors (Lipinski definition) is 0. The van der Waals surface area contributed by atoms with Gasteiger partial charge in [0.15, 0.2) is 5.65 Å². The number of halogens is 1. The van der Waals surface area contributed by atoms with Gasteiger partial charge in [-0.15, -0.1) is 0 Å². The van der Waals surface area contributed by atoms with Crippen LogP contribution < -0.4 is 0 Å². The summed E-state index contributed by atoms with van der Waals surface area (Å²) in [7, 11) is 0. The minimum atomic E-state index is 0.573. The van der Waals surface area contributed by atoms with Gasteiger partial charge in [0, 0.05) is 6.20 Å². The highest BCUT2D eigenvalue weighted by Gasteiger charge is 2.05. The van der Waals surface area contributed by atoms with Gasteiger partial charge >= 0.3 is 0 Å². The molecule has 3 rings (SSSR count). The maximum Gasteiger partial charge on any atom is 0.160 e. The Bertz CT molecular complexity index is 785. The number of hydrogen-bond acceptors (Lipinski definition) is 3. The lowest BCUT2D eigenvalue weighted by Gasteiger charge is -2.04. The summed E-state index contributed by atoms with van der Waals surface area (Å²) in [4.78, 5) is 8.55. The van der Waals surface area contributed by atoms with E-state index in [1.165, 1.54) is 0 Å². The molecule has 0 amide bonds. The summed E-state index contributed by atoms with van der Waals surface area (Å²) in [5.41, 5.74) is 3.24. The maximum absolute atomic E-state index is 8.89. The zero-order chi connectivity index (χ0) is 13.2. The van der Waals surface area contributed by atoms with Crippen molar-refractivity contribution in [2.45, 2.75) is 6.54 Å². The summed E-state index contributed by atoms with van der Waals surface area (Å²) in [5.74, 6) is 0. The third kappa shape index (κ3) is 2.28. The predicted molar refractivity (Wildman–Crippen MR) is 72.8 cm³/mol. The molecule has 1 aromatic carbocycles. The van der Waals surface area contributed by atoms with Crippen molar-refractivity contribution >= 4 is 22.8 Å². The third-order valence-corrected chi connectivity index (χ3v) is 3.04. The Morgan fingerprint density at radius 3 is 3.00 bits per heavy atom. The molecule has 2 aromatic heterocycles. The van der Waals surface area contributed by atoms with Crippen LogP contribution in [0.15, 0.2) is 42.9 Å². The van der Waals surface area contributed by atoms with Crippen LogP contribution in [0.5, 0.6) is 0 Å². The monoisotopic (exact) mass is 268 g/mol. The molecule has 0 saturated carbocycles. The number of rotatable bonds is 2. The van der Waals surface area contributed by atoms with Gasteiger partial charge in [-0.05, 0) is 23.8 Å². The van der Waals surface area contributed by atoms with Gasteiger partial charge in [-0.1, -0.05) is 23.7 Å². The molecule has 0 saturated heterocycles. The summed E-state index contributed by atoms with van der Waals surface area (Å²) >= 11 is 5.88. The first-order valence-electron chi connectivity index (χ1n) is 5.72. The van der Waals surface area contributed by atoms with Crippen LogP contribution in [0.4, 0.5) is 0 Å². The number of imidazole rings is 1. The minimum Gasteiger partial charge on any atom is -0.311 e. The first-order valence-corrected chi connectivity index (χ1v) is 6.09. The fourth-order valence-electron chi connectivity index (χ4n) is 1.98. The number of pyridine rings is 1. The Morgan fingerprint density at radius 2 is 2.16 bits per heavy atom. The molecule has 0 aliphatic carbocycles. The molecule has 5 heteroatoms. The first-order chi connectivity index (χ1) is 9.26. The number of fused-ring (bicyclic) bond motifs is 1. The Hall–Kier alpha value is -2.38. The highest BCUT2D eigenvalue weighted by Crippen LogP contribution is 2.16. The molecule has 0 bridgehead atoms. The van der Waals surface area contributed by atoms with Crippen LogP contribution >= 0.6 is 11.6 Å². The van der Waals surface area contributed by atoms with Crippen LogP contribution in [0.3, 0.4) is 0 Å². The molecule has 0 atom stereocenters. The molecule has 0 unspecified atom stereocenters. The van der Waals surface area contributed by atoms with Gasteiger partial charge in [0.1, 0.15) is 5.52 Å². The standard InChI is InChI=1S/C14H9ClN4/c15-12-5-13-14(17-7-12)19(9-18-13)8-11-3-1-2-10(4-11)6-16/h1-5,7,9H,8H2. The maximum atomic E-state index is 8.89. The molecule has 4 nitrogen and oxygen atoms in total. The average molecular weight is 269 g/mol. The van der Waals surface area contributed by atoms with Crippen molar-refractivity contribution in [2.24, 2.45) is 0 Å². The van der Waals surface area contributed by atoms with E-state index in [0.29, 0.717) is 17.1 Å². The van der Waals surface area contributed by atoms with E-state index in [2.05, 4.69) is 16.0 Å². The first kappa shape index (κ1) is 11.7. The second-order valence-electron chi connectivity index (χ2n) is 4.18. The van der Waals surface area contributed by atoms with E-state index in [0.717, 1.165) is 16.7 Å². The van der Waals surface area contributed by atoms with Gasteiger partial charge in [-0.25, -0.2) is 9.97 Å². The van der Waals surface area contributed by atoms with Crippen molar-refractivity contribution in [3.05, 3.63) is 59.0 Å². The van der Waals surface area contributed by atoms with Gasteiger partial charge in [0.25, 0.3) is 0 Å². The Labute approximate surface area is 114 Å². The summed E-state index contributed by atoms with van der Waals surface area (Å²) in [6.07, 6.45) is 3.33. The van der Waals surface area contributed by atoms with Crippen molar-refractivity contribution in [3.8, 4) is 6.07 Å². The smallest absolute Gasteiger partial charge is 0.160 e. The van der Waals surface area contributed by atoms with Gasteiger partial charge in [0.2, 0.25) is 0 Å². The average Bonchev–Trinajstić information content (AvgIpc) is 2.81. The van der Waals surface area contributed by atoms with E-state index in [4.69, 9.17) is 16.9 Å². The second-order valence-corrected chi connectivity index (χ2v) is 4.62. The third-order valence-electron chi connectivity index (χ3n) is 2.83. The summed E-state index contributed by atoms with van der Waals surface area (Å²) in [6, 6.07) is 11.4. The summed E-state index contributed by atoms with van der Waals surface area (Å²) in [6.45, 7) is 0.626. The quantitative estimate of drug-likeness (QED) is 0.718. The van der Waals surface area contributed by atoms with Crippen LogP contribution in [0, 0.1) is 11.3 Å². The van der Waals surface area contributed by atoms with Gasteiger partial charge < -0.3 is 4.57 Å². The fraction of sp³-hybridized carbons (Fsp3) is 0.0714. The number of aromatic nitrogens is 3. The van der Waals surface area contributed by atoms with E-state index in [9.17, 15) is 0 Å². The van der Waals surface area contributed by atoms with Crippen LogP contribution in [-0.4, -0.2) is 14.5 Å². The summed E-state index contributed by atoms with van der Waals surface area (Å²) < 4.78 is 1.93.